The van der Waals surface area contributed by atoms with Gasteiger partial charge in [0, 0.05) is 6.54 Å². The molecule has 0 radical (unpaired) electrons. The van der Waals surface area contributed by atoms with Crippen LogP contribution in [0.2, 0.25) is 0 Å². The molecule has 0 fully saturated rings. The van der Waals surface area contributed by atoms with Crippen molar-refractivity contribution < 1.29 is 4.79 Å². The number of pyridine rings is 1. The fourth-order valence-electron chi connectivity index (χ4n) is 1.49. The van der Waals surface area contributed by atoms with Crippen LogP contribution in [0.1, 0.15) is 17.4 Å². The Morgan fingerprint density at radius 3 is 2.88 bits per heavy atom. The van der Waals surface area contributed by atoms with Crippen LogP contribution >= 0.6 is 15.9 Å². The molecule has 0 saturated heterocycles. The van der Waals surface area contributed by atoms with Crippen LogP contribution < -0.4 is 11.5 Å². The van der Waals surface area contributed by atoms with Gasteiger partial charge in [0.25, 0.3) is 5.91 Å². The molecule has 0 bridgehead atoms. The second kappa shape index (κ2) is 3.75. The number of nitrogen functional groups attached to an aromatic ring is 1. The Morgan fingerprint density at radius 2 is 2.31 bits per heavy atom. The van der Waals surface area contributed by atoms with Crippen LogP contribution in [0.25, 0.3) is 11.0 Å². The van der Waals surface area contributed by atoms with E-state index in [-0.39, 0.29) is 11.4 Å². The number of fused-ring (bicyclic) bond motifs is 1. The maximum absolute atomic E-state index is 11.2. The first-order valence-corrected chi connectivity index (χ1v) is 5.45. The van der Waals surface area contributed by atoms with Crippen LogP contribution in [0, 0.1) is 0 Å². The number of amides is 1. The van der Waals surface area contributed by atoms with E-state index >= 15 is 0 Å². The third kappa shape index (κ3) is 1.44. The van der Waals surface area contributed by atoms with E-state index in [1.165, 1.54) is 0 Å². The van der Waals surface area contributed by atoms with E-state index in [4.69, 9.17) is 11.5 Å². The number of halogens is 1. The maximum Gasteiger partial charge on any atom is 0.269 e. The van der Waals surface area contributed by atoms with Gasteiger partial charge in [0.2, 0.25) is 0 Å². The summed E-state index contributed by atoms with van der Waals surface area (Å²) in [6.45, 7) is 2.59. The third-order valence-corrected chi connectivity index (χ3v) is 3.14. The van der Waals surface area contributed by atoms with E-state index in [9.17, 15) is 4.79 Å². The number of aryl methyl sites for hydroxylation is 1. The van der Waals surface area contributed by atoms with Crippen molar-refractivity contribution in [2.75, 3.05) is 5.73 Å². The molecule has 2 aromatic heterocycles. The topological polar surface area (TPSA) is 99.8 Å². The number of aromatic nitrogens is 3. The highest BCUT2D eigenvalue weighted by atomic mass is 79.9. The van der Waals surface area contributed by atoms with E-state index in [1.54, 1.807) is 10.9 Å². The lowest BCUT2D eigenvalue weighted by molar-refractivity contribution is 0.0996. The molecule has 2 aromatic rings. The van der Waals surface area contributed by atoms with Gasteiger partial charge in [0.05, 0.1) is 21.7 Å². The molecule has 84 valence electrons. The van der Waals surface area contributed by atoms with Crippen molar-refractivity contribution in [1.82, 2.24) is 14.8 Å². The zero-order valence-electron chi connectivity index (χ0n) is 8.57. The summed E-state index contributed by atoms with van der Waals surface area (Å²) in [5, 5.41) is 4.90. The van der Waals surface area contributed by atoms with Gasteiger partial charge < -0.3 is 11.5 Å². The van der Waals surface area contributed by atoms with Gasteiger partial charge >= 0.3 is 0 Å². The Hall–Kier alpha value is -1.63. The molecule has 6 nitrogen and oxygen atoms in total. The van der Waals surface area contributed by atoms with Crippen LogP contribution in [-0.4, -0.2) is 20.7 Å². The molecule has 16 heavy (non-hydrogen) atoms. The zero-order chi connectivity index (χ0) is 11.9. The standard InChI is InChI=1S/C9H10BrN5O/c1-2-15-9-4(3-13-15)5(10)6(11)7(14-9)8(12)16/h3H,2,11H2,1H3,(H2,12,16). The molecule has 0 aliphatic carbocycles. The van der Waals surface area contributed by atoms with Crippen LogP contribution in [0.15, 0.2) is 10.7 Å². The number of anilines is 1. The normalized spacial score (nSPS) is 10.9. The minimum Gasteiger partial charge on any atom is -0.396 e. The first-order chi connectivity index (χ1) is 7.56. The SMILES string of the molecule is CCn1ncc2c(Br)c(N)c(C(N)=O)nc21. The van der Waals surface area contributed by atoms with Crippen LogP contribution in [0.3, 0.4) is 0 Å². The highest BCUT2D eigenvalue weighted by Crippen LogP contribution is 2.30. The Labute approximate surface area is 99.7 Å². The summed E-state index contributed by atoms with van der Waals surface area (Å²) in [7, 11) is 0. The zero-order valence-corrected chi connectivity index (χ0v) is 10.2. The summed E-state index contributed by atoms with van der Waals surface area (Å²) in [6, 6.07) is 0. The van der Waals surface area contributed by atoms with E-state index in [0.29, 0.717) is 16.7 Å². The van der Waals surface area contributed by atoms with Crippen LogP contribution in [-0.2, 0) is 6.54 Å². The van der Waals surface area contributed by atoms with Gasteiger partial charge in [-0.15, -0.1) is 0 Å². The minimum absolute atomic E-state index is 0.0644. The molecule has 2 heterocycles. The first kappa shape index (κ1) is 10.9. The molecular formula is C9H10BrN5O. The maximum atomic E-state index is 11.2. The van der Waals surface area contributed by atoms with Crippen molar-refractivity contribution in [2.45, 2.75) is 13.5 Å². The lowest BCUT2D eigenvalue weighted by atomic mass is 10.2. The van der Waals surface area contributed by atoms with Gasteiger partial charge in [-0.3, -0.25) is 4.79 Å². The second-order valence-electron chi connectivity index (χ2n) is 3.25. The van der Waals surface area contributed by atoms with Crippen LogP contribution in [0.4, 0.5) is 5.69 Å². The lowest BCUT2D eigenvalue weighted by Crippen LogP contribution is -2.16. The average Bonchev–Trinajstić information content (AvgIpc) is 2.65. The Balaban J connectivity index is 2.86. The Morgan fingerprint density at radius 1 is 1.62 bits per heavy atom. The molecule has 1 amide bonds. The minimum atomic E-state index is -0.649. The summed E-state index contributed by atoms with van der Waals surface area (Å²) in [5.41, 5.74) is 11.9. The monoisotopic (exact) mass is 283 g/mol. The summed E-state index contributed by atoms with van der Waals surface area (Å²) < 4.78 is 2.28. The largest absolute Gasteiger partial charge is 0.396 e. The number of primary amides is 1. The van der Waals surface area contributed by atoms with Crippen molar-refractivity contribution >= 4 is 38.6 Å². The first-order valence-electron chi connectivity index (χ1n) is 4.66. The Kier molecular flexibility index (Phi) is 2.55. The Bertz CT molecular complexity index is 577. The molecule has 7 heteroatoms. The number of nitrogens with zero attached hydrogens (tertiary/aromatic N) is 3. The quantitative estimate of drug-likeness (QED) is 0.855. The molecule has 0 aliphatic rings. The fraction of sp³-hybridized carbons (Fsp3) is 0.222. The van der Waals surface area contributed by atoms with Crippen molar-refractivity contribution in [3.63, 3.8) is 0 Å². The van der Waals surface area contributed by atoms with Crippen molar-refractivity contribution in [2.24, 2.45) is 5.73 Å². The molecule has 4 N–H and O–H groups in total. The van der Waals surface area contributed by atoms with Gasteiger partial charge in [-0.05, 0) is 22.9 Å². The van der Waals surface area contributed by atoms with E-state index in [0.717, 1.165) is 5.39 Å². The number of carbonyl (C=O) groups excluding carboxylic acids is 1. The van der Waals surface area contributed by atoms with Crippen LogP contribution in [0.5, 0.6) is 0 Å². The predicted molar refractivity (Wildman–Crippen MR) is 63.8 cm³/mol. The number of carbonyl (C=O) groups is 1. The molecule has 0 aromatic carbocycles. The summed E-state index contributed by atoms with van der Waals surface area (Å²) in [6.07, 6.45) is 1.65. The van der Waals surface area contributed by atoms with E-state index in [2.05, 4.69) is 26.0 Å². The summed E-state index contributed by atoms with van der Waals surface area (Å²) >= 11 is 3.32. The molecule has 2 rings (SSSR count). The lowest BCUT2D eigenvalue weighted by Gasteiger charge is -2.05. The highest BCUT2D eigenvalue weighted by Gasteiger charge is 2.17. The van der Waals surface area contributed by atoms with E-state index in [1.807, 2.05) is 6.92 Å². The van der Waals surface area contributed by atoms with Crippen molar-refractivity contribution in [3.8, 4) is 0 Å². The van der Waals surface area contributed by atoms with E-state index < -0.39 is 5.91 Å². The highest BCUT2D eigenvalue weighted by molar-refractivity contribution is 9.10. The molecule has 0 saturated carbocycles. The van der Waals surface area contributed by atoms with Gasteiger partial charge in [-0.25, -0.2) is 9.67 Å². The van der Waals surface area contributed by atoms with Crippen molar-refractivity contribution in [1.29, 1.82) is 0 Å². The molecule has 0 spiro atoms. The number of nitrogens with two attached hydrogens (primary N) is 2. The smallest absolute Gasteiger partial charge is 0.269 e. The molecule has 0 atom stereocenters. The number of hydrogen-bond donors (Lipinski definition) is 2. The number of rotatable bonds is 2. The molecule has 0 aliphatic heterocycles. The van der Waals surface area contributed by atoms with Gasteiger partial charge in [0.1, 0.15) is 0 Å². The van der Waals surface area contributed by atoms with Gasteiger partial charge in [-0.2, -0.15) is 5.10 Å². The summed E-state index contributed by atoms with van der Waals surface area (Å²) in [5.74, 6) is -0.649. The average molecular weight is 284 g/mol. The molecule has 0 unspecified atom stereocenters. The van der Waals surface area contributed by atoms with Gasteiger partial charge in [-0.1, -0.05) is 0 Å². The second-order valence-corrected chi connectivity index (χ2v) is 4.04. The predicted octanol–water partition coefficient (Wildman–Crippen LogP) is 0.895. The third-order valence-electron chi connectivity index (χ3n) is 2.29. The number of hydrogen-bond acceptors (Lipinski definition) is 4. The van der Waals surface area contributed by atoms with Gasteiger partial charge in [0.15, 0.2) is 11.3 Å². The summed E-state index contributed by atoms with van der Waals surface area (Å²) in [4.78, 5) is 15.3. The van der Waals surface area contributed by atoms with Crippen molar-refractivity contribution in [3.05, 3.63) is 16.4 Å². The fourth-order valence-corrected chi connectivity index (χ4v) is 1.95. The molecular weight excluding hydrogens is 274 g/mol.